The predicted octanol–water partition coefficient (Wildman–Crippen LogP) is 7.88. The summed E-state index contributed by atoms with van der Waals surface area (Å²) >= 11 is 0. The molecule has 438 valence electrons. The fraction of sp³-hybridized carbons (Fsp3) is 0.870. The molecule has 0 aliphatic carbocycles. The van der Waals surface area contributed by atoms with Crippen LogP contribution in [0, 0.1) is 0 Å². The second kappa shape index (κ2) is 53.0. The number of alkyl carbamates (subject to hydrolysis) is 1. The van der Waals surface area contributed by atoms with Gasteiger partial charge in [-0.2, -0.15) is 0 Å². The Labute approximate surface area is 478 Å². The molecule has 4 amide bonds. The summed E-state index contributed by atoms with van der Waals surface area (Å²) in [7, 11) is -4.93. The zero-order chi connectivity index (χ0) is 54.2. The first-order chi connectivity index (χ1) is 35.9. The molecule has 1 saturated heterocycles. The molecule has 2 atom stereocenters. The van der Waals surface area contributed by atoms with Crippen molar-refractivity contribution in [2.24, 2.45) is 0 Å². The summed E-state index contributed by atoms with van der Waals surface area (Å²) in [6, 6.07) is 0. The number of nitrogens with zero attached hydrogens (tertiary/aromatic N) is 1. The minimum Gasteiger partial charge on any atom is -0.756 e. The Morgan fingerprint density at radius 1 is 0.513 bits per heavy atom. The fourth-order valence-corrected chi connectivity index (χ4v) is 8.88. The van der Waals surface area contributed by atoms with Gasteiger partial charge in [-0.1, -0.05) is 194 Å². The van der Waals surface area contributed by atoms with Gasteiger partial charge >= 0.3 is 53.6 Å². The van der Waals surface area contributed by atoms with E-state index in [1.807, 2.05) is 0 Å². The number of carbonyl (C=O) groups excluding carboxylic acids is 7. The molecular weight excluding hydrogens is 1010 g/mol. The molecular formula is C54H100N4NaO16P. The molecule has 0 spiro atoms. The molecule has 20 nitrogen and oxygen atoms in total. The molecule has 76 heavy (non-hydrogen) atoms. The summed E-state index contributed by atoms with van der Waals surface area (Å²) in [6.07, 6.45) is 33.6. The van der Waals surface area contributed by atoms with Crippen molar-refractivity contribution in [3.8, 4) is 0 Å². The Kier molecular flexibility index (Phi) is 52.6. The number of rotatable bonds is 52. The van der Waals surface area contributed by atoms with Gasteiger partial charge in [-0.05, 0) is 12.8 Å². The maximum atomic E-state index is 12.8. The van der Waals surface area contributed by atoms with E-state index in [2.05, 4.69) is 24.5 Å². The number of carbonyl (C=O) groups is 7. The average Bonchev–Trinajstić information content (AvgIpc) is 3.69. The van der Waals surface area contributed by atoms with E-state index >= 15 is 0 Å². The zero-order valence-corrected chi connectivity index (χ0v) is 50.2. The Morgan fingerprint density at radius 3 is 1.42 bits per heavy atom. The molecule has 1 heterocycles. The Bertz CT molecular complexity index is 1550. The maximum absolute atomic E-state index is 12.8. The molecule has 1 aliphatic heterocycles. The maximum Gasteiger partial charge on any atom is 1.00 e. The molecule has 0 aromatic carbocycles. The minimum atomic E-state index is -4.93. The summed E-state index contributed by atoms with van der Waals surface area (Å²) in [4.78, 5) is 102. The van der Waals surface area contributed by atoms with Crippen LogP contribution in [0.3, 0.4) is 0 Å². The van der Waals surface area contributed by atoms with Gasteiger partial charge in [0, 0.05) is 45.2 Å². The fourth-order valence-electron chi connectivity index (χ4n) is 8.14. The van der Waals surface area contributed by atoms with Crippen LogP contribution < -0.4 is 51.2 Å². The molecule has 1 rings (SSSR count). The Hall–Kier alpha value is -2.68. The van der Waals surface area contributed by atoms with Gasteiger partial charge in [0.2, 0.25) is 5.91 Å². The molecule has 0 aromatic heterocycles. The number of hydrogen-bond donors (Lipinski definition) is 3. The number of hydroxylamine groups is 2. The first-order valence-corrected chi connectivity index (χ1v) is 30.1. The molecule has 1 fully saturated rings. The number of phosphoric ester groups is 1. The minimum absolute atomic E-state index is 0. The van der Waals surface area contributed by atoms with Crippen molar-refractivity contribution in [1.82, 2.24) is 21.8 Å². The summed E-state index contributed by atoms with van der Waals surface area (Å²) < 4.78 is 43.7. The van der Waals surface area contributed by atoms with E-state index in [0.29, 0.717) is 17.9 Å². The van der Waals surface area contributed by atoms with Crippen LogP contribution in [-0.2, 0) is 66.2 Å². The average molecular weight is 1120 g/mol. The van der Waals surface area contributed by atoms with Crippen LogP contribution in [0.1, 0.15) is 245 Å². The van der Waals surface area contributed by atoms with Gasteiger partial charge in [0.15, 0.2) is 6.10 Å². The Morgan fingerprint density at radius 2 is 0.947 bits per heavy atom. The summed E-state index contributed by atoms with van der Waals surface area (Å²) in [5, 5.41) is 5.26. The van der Waals surface area contributed by atoms with Crippen LogP contribution in [-0.4, -0.2) is 106 Å². The normalized spacial score (nSPS) is 13.3. The van der Waals surface area contributed by atoms with E-state index in [-0.39, 0.29) is 114 Å². The smallest absolute Gasteiger partial charge is 0.756 e. The predicted molar refractivity (Wildman–Crippen MR) is 284 cm³/mol. The molecule has 22 heteroatoms. The van der Waals surface area contributed by atoms with Gasteiger partial charge in [0.25, 0.3) is 19.6 Å². The second-order valence-electron chi connectivity index (χ2n) is 19.3. The number of nitrogens with one attached hydrogen (secondary N) is 2. The molecule has 2 unspecified atom stereocenters. The molecule has 1 aliphatic rings. The zero-order valence-electron chi connectivity index (χ0n) is 47.3. The van der Waals surface area contributed by atoms with Gasteiger partial charge < -0.3 is 54.5 Å². The largest absolute Gasteiger partial charge is 1.00 e. The van der Waals surface area contributed by atoms with Crippen LogP contribution in [0.15, 0.2) is 0 Å². The molecule has 0 aromatic rings. The molecule has 0 bridgehead atoms. The Balaban J connectivity index is 0. The summed E-state index contributed by atoms with van der Waals surface area (Å²) in [5.41, 5.74) is 0. The van der Waals surface area contributed by atoms with Crippen molar-refractivity contribution in [2.75, 3.05) is 52.7 Å². The molecule has 0 radical (unpaired) electrons. The topological polar surface area (TPSA) is 287 Å². The van der Waals surface area contributed by atoms with Gasteiger partial charge in [0.1, 0.15) is 13.2 Å². The molecule has 0 saturated carbocycles. The van der Waals surface area contributed by atoms with Gasteiger partial charge in [0.05, 0.1) is 32.8 Å². The quantitative estimate of drug-likeness (QED) is 0.0130. The standard InChI is InChI=1S/C54H98N3O16P.H3N.Na/c1-3-5-7-9-11-13-15-17-19-21-23-25-27-29-31-33-51(61)69-45-47(72-52(62)34-32-30-28-26-24-22-20-18-16-14-12-10-8-6-4-2)46-71-74(65,66)70-42-40-56-54(64)68-44-43-67-41-39-55-48(58)35-38-53(63)73-57-49(59)36-37-50(57)60;;/h47H,3-46H2,1-2H3,(H,55,58)(H,56,64)(H,65,66);1H3;/q;;+1/p-1. The number of unbranched alkanes of at least 4 members (excludes halogenated alkanes) is 28. The van der Waals surface area contributed by atoms with Gasteiger partial charge in [-0.15, -0.1) is 5.06 Å². The van der Waals surface area contributed by atoms with Crippen LogP contribution in [0.25, 0.3) is 0 Å². The van der Waals surface area contributed by atoms with Gasteiger partial charge in [-0.3, -0.25) is 28.5 Å². The number of ether oxygens (including phenoxy) is 4. The van der Waals surface area contributed by atoms with Crippen molar-refractivity contribution in [1.29, 1.82) is 0 Å². The first-order valence-electron chi connectivity index (χ1n) is 28.6. The van der Waals surface area contributed by atoms with Crippen molar-refractivity contribution in [3.05, 3.63) is 0 Å². The second-order valence-corrected chi connectivity index (χ2v) is 20.8. The van der Waals surface area contributed by atoms with Crippen molar-refractivity contribution >= 4 is 49.5 Å². The van der Waals surface area contributed by atoms with Crippen LogP contribution in [0.4, 0.5) is 4.79 Å². The summed E-state index contributed by atoms with van der Waals surface area (Å²) in [5.74, 6) is -3.61. The summed E-state index contributed by atoms with van der Waals surface area (Å²) in [6.45, 7) is 2.70. The van der Waals surface area contributed by atoms with Crippen LogP contribution in [0.2, 0.25) is 0 Å². The SMILES string of the molecule is CCCCCCCCCCCCCCCCCC(=O)OCC(COP(=O)([O-])OCCNC(=O)OCCOCCNC(=O)CCC(=O)ON1C(=O)CCC1=O)OC(=O)CCCCCCCCCCCCCCCCC.N.[Na+]. The van der Waals surface area contributed by atoms with E-state index in [0.717, 1.165) is 38.5 Å². The van der Waals surface area contributed by atoms with Crippen LogP contribution in [0.5, 0.6) is 0 Å². The van der Waals surface area contributed by atoms with E-state index in [1.165, 1.54) is 141 Å². The van der Waals surface area contributed by atoms with Crippen molar-refractivity contribution < 1.29 is 105 Å². The number of esters is 2. The third-order valence-electron chi connectivity index (χ3n) is 12.5. The van der Waals surface area contributed by atoms with Gasteiger partial charge in [-0.25, -0.2) is 9.59 Å². The first kappa shape index (κ1) is 75.4. The van der Waals surface area contributed by atoms with E-state index < -0.39 is 68.9 Å². The monoisotopic (exact) mass is 1110 g/mol. The van der Waals surface area contributed by atoms with Crippen LogP contribution >= 0.6 is 7.82 Å². The number of imide groups is 1. The number of hydrogen-bond acceptors (Lipinski definition) is 17. The third kappa shape index (κ3) is 47.3. The number of phosphoric acid groups is 1. The molecule has 5 N–H and O–H groups in total. The van der Waals surface area contributed by atoms with E-state index in [4.69, 9.17) is 32.8 Å². The van der Waals surface area contributed by atoms with E-state index in [9.17, 15) is 43.0 Å². The number of amides is 4. The third-order valence-corrected chi connectivity index (χ3v) is 13.5. The van der Waals surface area contributed by atoms with Crippen molar-refractivity contribution in [3.63, 3.8) is 0 Å². The van der Waals surface area contributed by atoms with Crippen molar-refractivity contribution in [2.45, 2.75) is 251 Å². The van der Waals surface area contributed by atoms with E-state index in [1.54, 1.807) is 0 Å².